The summed E-state index contributed by atoms with van der Waals surface area (Å²) in [5.74, 6) is 1.52. The van der Waals surface area contributed by atoms with Crippen molar-refractivity contribution in [3.8, 4) is 11.8 Å². The zero-order valence-corrected chi connectivity index (χ0v) is 18.9. The van der Waals surface area contributed by atoms with E-state index in [1.807, 2.05) is 5.92 Å². The van der Waals surface area contributed by atoms with Crippen LogP contribution in [0.5, 0.6) is 0 Å². The molecule has 6 atom stereocenters. The first-order valence-electron chi connectivity index (χ1n) is 8.35. The fourth-order valence-electron chi connectivity index (χ4n) is 2.59. The summed E-state index contributed by atoms with van der Waals surface area (Å²) >= 11 is 0. The Morgan fingerprint density at radius 1 is 1.24 bits per heavy atom. The van der Waals surface area contributed by atoms with E-state index in [9.17, 15) is 42.4 Å². The second-order valence-electron chi connectivity index (χ2n) is 6.28. The molecule has 1 aromatic rings. The summed E-state index contributed by atoms with van der Waals surface area (Å²) in [5.41, 5.74) is 0.978. The highest BCUT2D eigenvalue weighted by Gasteiger charge is 2.57. The van der Waals surface area contributed by atoms with Crippen molar-refractivity contribution in [1.29, 1.82) is 0 Å². The van der Waals surface area contributed by atoms with Crippen molar-refractivity contribution in [2.45, 2.75) is 24.0 Å². The number of anilines is 1. The van der Waals surface area contributed by atoms with Gasteiger partial charge >= 0.3 is 29.2 Å². The highest BCUT2D eigenvalue weighted by Crippen LogP contribution is 2.66. The molecule has 1 saturated heterocycles. The molecule has 0 radical (unpaired) electrons. The van der Waals surface area contributed by atoms with Crippen LogP contribution in [0.25, 0.3) is 0 Å². The average Bonchev–Trinajstić information content (AvgIpc) is 2.90. The van der Waals surface area contributed by atoms with Crippen LogP contribution in [0.3, 0.4) is 0 Å². The summed E-state index contributed by atoms with van der Waals surface area (Å²) in [7, 11) is -17.2. The van der Waals surface area contributed by atoms with E-state index in [1.54, 1.807) is 5.92 Å². The molecule has 192 valence electrons. The van der Waals surface area contributed by atoms with Gasteiger partial charge in [-0.1, -0.05) is 11.8 Å². The van der Waals surface area contributed by atoms with Gasteiger partial charge in [-0.3, -0.25) is 9.09 Å². The van der Waals surface area contributed by atoms with Crippen molar-refractivity contribution in [2.75, 3.05) is 19.0 Å². The van der Waals surface area contributed by atoms with Crippen LogP contribution in [0.2, 0.25) is 0 Å². The second-order valence-corrected chi connectivity index (χ2v) is 10.7. The molecule has 2 heterocycles. The van der Waals surface area contributed by atoms with E-state index in [1.165, 1.54) is 0 Å². The van der Waals surface area contributed by atoms with Gasteiger partial charge in [-0.05, 0) is 0 Å². The Balaban J connectivity index is 2.30. The number of hydrogen-bond donors (Lipinski definition) is 7. The summed E-state index contributed by atoms with van der Waals surface area (Å²) in [6, 6.07) is 0. The van der Waals surface area contributed by atoms with E-state index in [0.717, 1.165) is 0 Å². The molecule has 34 heavy (non-hydrogen) atoms. The lowest BCUT2D eigenvalue weighted by Gasteiger charge is -2.26. The molecule has 1 aromatic heterocycles. The molecule has 0 spiro atoms. The Bertz CT molecular complexity index is 1200. The molecule has 2 rings (SSSR count). The molecule has 22 heteroatoms. The first kappa shape index (κ1) is 28.6. The van der Waals surface area contributed by atoms with E-state index in [0.29, 0.717) is 6.20 Å². The Kier molecular flexibility index (Phi) is 8.56. The van der Waals surface area contributed by atoms with E-state index in [4.69, 9.17) is 25.2 Å². The molecule has 0 saturated carbocycles. The van der Waals surface area contributed by atoms with Gasteiger partial charge in [-0.15, -0.1) is 0 Å². The van der Waals surface area contributed by atoms with Crippen molar-refractivity contribution in [1.82, 2.24) is 9.55 Å². The zero-order chi connectivity index (χ0) is 26.1. The highest BCUT2D eigenvalue weighted by atomic mass is 31.3. The van der Waals surface area contributed by atoms with Gasteiger partial charge in [0.05, 0.1) is 12.8 Å². The van der Waals surface area contributed by atoms with Crippen molar-refractivity contribution < 1.29 is 70.1 Å². The zero-order valence-electron chi connectivity index (χ0n) is 16.2. The number of aromatic nitrogens is 2. The van der Waals surface area contributed by atoms with E-state index in [2.05, 4.69) is 18.1 Å². The minimum atomic E-state index is -5.85. The predicted molar refractivity (Wildman–Crippen MR) is 101 cm³/mol. The lowest BCUT2D eigenvalue weighted by atomic mass is 9.94. The maximum atomic E-state index is 13.8. The standard InChI is InChI=1S/C12H16F2N3O14P3/c13-3-1-2-12(20)8(18)7(29-10(12)17-4-6(14)9(15)16-11(17)19)5-28-33(24,25)31-34(26,27)30-32(21,22)23/h4,7-8,10,18,20H,3,5H2,(H,24,25)(H,26,27)(H2,15,16,19)(H2,21,22,23)/t7-,8?,10-,12-/m1/s1. The van der Waals surface area contributed by atoms with Crippen LogP contribution < -0.4 is 11.4 Å². The topological polar surface area (TPSA) is 270 Å². The van der Waals surface area contributed by atoms with Crippen LogP contribution in [0.1, 0.15) is 6.23 Å². The Morgan fingerprint density at radius 3 is 2.41 bits per heavy atom. The normalized spacial score (nSPS) is 28.5. The molecule has 0 bridgehead atoms. The number of phosphoric acid groups is 3. The molecule has 0 aromatic carbocycles. The number of alkyl halides is 1. The number of nitrogens with two attached hydrogens (primary N) is 1. The molecule has 1 fully saturated rings. The molecular weight excluding hydrogens is 541 g/mol. The van der Waals surface area contributed by atoms with Gasteiger partial charge in [0.25, 0.3) is 0 Å². The molecule has 8 N–H and O–H groups in total. The van der Waals surface area contributed by atoms with Crippen LogP contribution in [0.15, 0.2) is 11.0 Å². The molecule has 1 aliphatic heterocycles. The highest BCUT2D eigenvalue weighted by molar-refractivity contribution is 7.66. The Labute approximate surface area is 187 Å². The van der Waals surface area contributed by atoms with Gasteiger partial charge in [0, 0.05) is 0 Å². The Hall–Kier alpha value is -1.61. The second kappa shape index (κ2) is 10.2. The minimum Gasteiger partial charge on any atom is -0.386 e. The van der Waals surface area contributed by atoms with Gasteiger partial charge < -0.3 is 40.3 Å². The number of ether oxygens (including phenoxy) is 1. The number of nitrogens with zero attached hydrogens (tertiary/aromatic N) is 2. The lowest BCUT2D eigenvalue weighted by Crippen LogP contribution is -2.48. The number of hydrogen-bond acceptors (Lipinski definition) is 12. The summed E-state index contributed by atoms with van der Waals surface area (Å²) in [5, 5.41) is 21.1. The monoisotopic (exact) mass is 557 g/mol. The van der Waals surface area contributed by atoms with Crippen LogP contribution in [0.4, 0.5) is 14.6 Å². The summed E-state index contributed by atoms with van der Waals surface area (Å²) in [6.45, 7) is -2.63. The summed E-state index contributed by atoms with van der Waals surface area (Å²) in [6.07, 6.45) is -5.86. The van der Waals surface area contributed by atoms with E-state index >= 15 is 0 Å². The number of nitrogen functional groups attached to an aromatic ring is 1. The van der Waals surface area contributed by atoms with Crippen LogP contribution in [-0.2, 0) is 31.6 Å². The van der Waals surface area contributed by atoms with Crippen molar-refractivity contribution in [3.05, 3.63) is 22.5 Å². The SMILES string of the molecule is Nc1nc(=O)n([C@@H]2O[C@H](COP(=O)(O)OP(=O)(O)OP(=O)(O)O)C(O)[C@]2(O)C#CCF)cc1F. The van der Waals surface area contributed by atoms with Gasteiger partial charge in [0.2, 0.25) is 0 Å². The van der Waals surface area contributed by atoms with E-state index < -0.39 is 78.1 Å². The number of rotatable bonds is 8. The number of phosphoric ester groups is 1. The molecule has 0 aliphatic carbocycles. The molecule has 1 aliphatic rings. The third-order valence-corrected chi connectivity index (χ3v) is 7.65. The maximum Gasteiger partial charge on any atom is 0.490 e. The number of aliphatic hydroxyl groups excluding tert-OH is 1. The Morgan fingerprint density at radius 2 is 1.85 bits per heavy atom. The maximum absolute atomic E-state index is 13.8. The predicted octanol–water partition coefficient (Wildman–Crippen LogP) is -1.73. The fourth-order valence-corrected chi connectivity index (χ4v) is 5.62. The third kappa shape index (κ3) is 6.97. The lowest BCUT2D eigenvalue weighted by molar-refractivity contribution is -0.0765. The number of aliphatic hydroxyl groups is 2. The van der Waals surface area contributed by atoms with Gasteiger partial charge in [-0.25, -0.2) is 27.3 Å². The first-order valence-corrected chi connectivity index (χ1v) is 12.9. The minimum absolute atomic E-state index is 0.284. The summed E-state index contributed by atoms with van der Waals surface area (Å²) in [4.78, 5) is 50.8. The van der Waals surface area contributed by atoms with Crippen LogP contribution >= 0.6 is 23.5 Å². The van der Waals surface area contributed by atoms with Gasteiger partial charge in [-0.2, -0.15) is 13.6 Å². The quantitative estimate of drug-likeness (QED) is 0.138. The number of halogens is 2. The van der Waals surface area contributed by atoms with Crippen LogP contribution in [0, 0.1) is 17.7 Å². The molecule has 0 amide bonds. The molecular formula is C12H16F2N3O14P3. The van der Waals surface area contributed by atoms with E-state index in [-0.39, 0.29) is 4.57 Å². The van der Waals surface area contributed by atoms with Crippen molar-refractivity contribution in [2.24, 2.45) is 0 Å². The van der Waals surface area contributed by atoms with Crippen LogP contribution in [-0.4, -0.2) is 70.4 Å². The van der Waals surface area contributed by atoms with Crippen molar-refractivity contribution in [3.63, 3.8) is 0 Å². The molecule has 17 nitrogen and oxygen atoms in total. The smallest absolute Gasteiger partial charge is 0.386 e. The average molecular weight is 557 g/mol. The summed E-state index contributed by atoms with van der Waals surface area (Å²) < 4.78 is 76.9. The molecule has 3 unspecified atom stereocenters. The van der Waals surface area contributed by atoms with Gasteiger partial charge in [0.15, 0.2) is 23.5 Å². The first-order chi connectivity index (χ1) is 15.4. The van der Waals surface area contributed by atoms with Crippen molar-refractivity contribution >= 4 is 29.3 Å². The largest absolute Gasteiger partial charge is 0.490 e. The third-order valence-electron chi connectivity index (χ3n) is 3.84. The van der Waals surface area contributed by atoms with Gasteiger partial charge in [0.1, 0.15) is 18.9 Å². The fraction of sp³-hybridized carbons (Fsp3) is 0.500.